The van der Waals surface area contributed by atoms with E-state index in [1.165, 1.54) is 0 Å². The molecule has 0 aliphatic heterocycles. The Morgan fingerprint density at radius 1 is 1.04 bits per heavy atom. The first-order valence-electron chi connectivity index (χ1n) is 7.36. The van der Waals surface area contributed by atoms with Gasteiger partial charge in [-0.25, -0.2) is 0 Å². The maximum absolute atomic E-state index is 9.31. The van der Waals surface area contributed by atoms with E-state index in [1.54, 1.807) is 7.11 Å². The third-order valence-corrected chi connectivity index (χ3v) is 3.35. The smallest absolute Gasteiger partial charge is 0.429 e. The molecular weight excluding hydrogens is 308 g/mol. The molecule has 0 spiro atoms. The van der Waals surface area contributed by atoms with E-state index in [1.807, 2.05) is 48.5 Å². The minimum atomic E-state index is -0.452. The summed E-state index contributed by atoms with van der Waals surface area (Å²) in [6.45, 7) is 1.05. The average Bonchev–Trinajstić information content (AvgIpc) is 2.62. The van der Waals surface area contributed by atoms with Gasteiger partial charge in [-0.2, -0.15) is 0 Å². The zero-order chi connectivity index (χ0) is 17.2. The van der Waals surface area contributed by atoms with Crippen molar-refractivity contribution in [2.24, 2.45) is 0 Å². The second-order valence-electron chi connectivity index (χ2n) is 4.98. The molecule has 2 aromatic carbocycles. The fourth-order valence-corrected chi connectivity index (χ4v) is 2.08. The van der Waals surface area contributed by atoms with Crippen molar-refractivity contribution < 1.29 is 19.3 Å². The second kappa shape index (κ2) is 9.18. The highest BCUT2D eigenvalue weighted by atomic mass is 16.6. The standard InChI is InChI=1S/C18H18N2O4/c1-22-17-8-6-14(7-9-17)11-23-12-15-4-2-3-5-16(15)13-24-18(21)10-20-19/h2-10H,11-13H2,1H3/p+1/b18-10+. The molecule has 0 amide bonds. The molecule has 0 aliphatic rings. The first kappa shape index (κ1) is 17.3. The Morgan fingerprint density at radius 3 is 2.33 bits per heavy atom. The van der Waals surface area contributed by atoms with Crippen molar-refractivity contribution >= 4 is 0 Å². The summed E-state index contributed by atoms with van der Waals surface area (Å²) in [7, 11) is 1.63. The molecular formula is C18H19N2O4+. The number of benzene rings is 2. The number of hydrogen-bond acceptors (Lipinski definition) is 5. The summed E-state index contributed by atoms with van der Waals surface area (Å²) in [6, 6.07) is 15.3. The van der Waals surface area contributed by atoms with Crippen LogP contribution in [0.4, 0.5) is 0 Å². The van der Waals surface area contributed by atoms with Gasteiger partial charge in [0.25, 0.3) is 0 Å². The SMILES string of the molecule is COc1ccc(COCc2ccccc2CO/C(O)=C/[N+]#N)cc1. The van der Waals surface area contributed by atoms with Gasteiger partial charge in [-0.1, -0.05) is 36.4 Å². The third-order valence-electron chi connectivity index (χ3n) is 3.35. The van der Waals surface area contributed by atoms with Crippen molar-refractivity contribution in [2.45, 2.75) is 19.8 Å². The van der Waals surface area contributed by atoms with E-state index in [0.29, 0.717) is 13.2 Å². The van der Waals surface area contributed by atoms with Crippen molar-refractivity contribution in [3.8, 4) is 5.75 Å². The summed E-state index contributed by atoms with van der Waals surface area (Å²) in [5, 5.41) is 17.6. The Labute approximate surface area is 140 Å². The molecule has 0 aromatic heterocycles. The van der Waals surface area contributed by atoms with Crippen LogP contribution in [0.3, 0.4) is 0 Å². The highest BCUT2D eigenvalue weighted by Gasteiger charge is 2.06. The summed E-state index contributed by atoms with van der Waals surface area (Å²) in [5.41, 5.74) is 2.89. The van der Waals surface area contributed by atoms with Crippen molar-refractivity contribution in [3.05, 3.63) is 82.3 Å². The lowest BCUT2D eigenvalue weighted by atomic mass is 10.1. The van der Waals surface area contributed by atoms with Crippen LogP contribution in [0.5, 0.6) is 5.75 Å². The topological polar surface area (TPSA) is 76.1 Å². The third kappa shape index (κ3) is 5.30. The van der Waals surface area contributed by atoms with Crippen molar-refractivity contribution in [3.63, 3.8) is 0 Å². The molecule has 6 heteroatoms. The Morgan fingerprint density at radius 2 is 1.71 bits per heavy atom. The van der Waals surface area contributed by atoms with Gasteiger partial charge in [0, 0.05) is 0 Å². The fraction of sp³-hybridized carbons (Fsp3) is 0.222. The maximum Gasteiger partial charge on any atom is 0.429 e. The van der Waals surface area contributed by atoms with Gasteiger partial charge in [0.2, 0.25) is 5.39 Å². The van der Waals surface area contributed by atoms with E-state index in [0.717, 1.165) is 28.6 Å². The van der Waals surface area contributed by atoms with Crippen molar-refractivity contribution in [2.75, 3.05) is 7.11 Å². The molecule has 2 aromatic rings. The Hall–Kier alpha value is -3.04. The normalized spacial score (nSPS) is 10.9. The summed E-state index contributed by atoms with van der Waals surface area (Å²) < 4.78 is 16.0. The van der Waals surface area contributed by atoms with Crippen molar-refractivity contribution in [1.82, 2.24) is 0 Å². The van der Waals surface area contributed by atoms with E-state index in [9.17, 15) is 5.11 Å². The molecule has 2 rings (SSSR count). The van der Waals surface area contributed by atoms with Gasteiger partial charge in [0.15, 0.2) is 4.98 Å². The molecule has 0 atom stereocenters. The molecule has 124 valence electrons. The molecule has 0 radical (unpaired) electrons. The number of methoxy groups -OCH3 is 1. The summed E-state index contributed by atoms with van der Waals surface area (Å²) in [6.07, 6.45) is 0.822. The van der Waals surface area contributed by atoms with Crippen LogP contribution in [0.15, 0.2) is 60.7 Å². The van der Waals surface area contributed by atoms with E-state index in [2.05, 4.69) is 4.98 Å². The molecule has 24 heavy (non-hydrogen) atoms. The van der Waals surface area contributed by atoms with Crippen LogP contribution in [0.25, 0.3) is 4.98 Å². The van der Waals surface area contributed by atoms with E-state index in [-0.39, 0.29) is 6.61 Å². The first-order chi connectivity index (χ1) is 11.7. The zero-order valence-corrected chi connectivity index (χ0v) is 13.4. The number of nitrogens with zero attached hydrogens (tertiary/aromatic N) is 2. The predicted molar refractivity (Wildman–Crippen MR) is 88.5 cm³/mol. The van der Waals surface area contributed by atoms with Gasteiger partial charge >= 0.3 is 12.1 Å². The van der Waals surface area contributed by atoms with Crippen LogP contribution in [0.2, 0.25) is 0 Å². The van der Waals surface area contributed by atoms with Crippen LogP contribution in [0, 0.1) is 5.39 Å². The monoisotopic (exact) mass is 327 g/mol. The van der Waals surface area contributed by atoms with E-state index in [4.69, 9.17) is 19.6 Å². The minimum absolute atomic E-state index is 0.153. The highest BCUT2D eigenvalue weighted by Crippen LogP contribution is 2.15. The number of rotatable bonds is 8. The first-order valence-corrected chi connectivity index (χ1v) is 7.36. The molecule has 6 nitrogen and oxygen atoms in total. The molecule has 0 aliphatic carbocycles. The summed E-state index contributed by atoms with van der Waals surface area (Å²) in [4.78, 5) is 2.70. The minimum Gasteiger partial charge on any atom is -0.497 e. The Kier molecular flexibility index (Phi) is 6.62. The van der Waals surface area contributed by atoms with Crippen LogP contribution >= 0.6 is 0 Å². The van der Waals surface area contributed by atoms with Gasteiger partial charge < -0.3 is 19.3 Å². The molecule has 0 saturated heterocycles. The van der Waals surface area contributed by atoms with Crippen LogP contribution < -0.4 is 4.74 Å². The van der Waals surface area contributed by atoms with Gasteiger partial charge in [-0.15, -0.1) is 0 Å². The number of diazo groups is 1. The molecule has 0 saturated carbocycles. The van der Waals surface area contributed by atoms with Gasteiger partial charge in [-0.3, -0.25) is 0 Å². The number of hydrogen-bond donors (Lipinski definition) is 1. The predicted octanol–water partition coefficient (Wildman–Crippen LogP) is 4.14. The van der Waals surface area contributed by atoms with E-state index < -0.39 is 5.95 Å². The average molecular weight is 327 g/mol. The molecule has 0 heterocycles. The quantitative estimate of drug-likeness (QED) is 0.582. The molecule has 0 fully saturated rings. The number of aliphatic hydroxyl groups excluding tert-OH is 1. The maximum atomic E-state index is 9.31. The van der Waals surface area contributed by atoms with Crippen molar-refractivity contribution in [1.29, 1.82) is 5.39 Å². The second-order valence-corrected chi connectivity index (χ2v) is 4.98. The zero-order valence-electron chi connectivity index (χ0n) is 13.4. The lowest BCUT2D eigenvalue weighted by Crippen LogP contribution is -2.01. The molecule has 0 bridgehead atoms. The Bertz CT molecular complexity index is 721. The fourth-order valence-electron chi connectivity index (χ4n) is 2.08. The van der Waals surface area contributed by atoms with Crippen LogP contribution in [0.1, 0.15) is 16.7 Å². The summed E-state index contributed by atoms with van der Waals surface area (Å²) >= 11 is 0. The number of ether oxygens (including phenoxy) is 3. The van der Waals surface area contributed by atoms with E-state index >= 15 is 0 Å². The largest absolute Gasteiger partial charge is 0.497 e. The lowest BCUT2D eigenvalue weighted by molar-refractivity contribution is 0.0781. The highest BCUT2D eigenvalue weighted by molar-refractivity contribution is 5.27. The summed E-state index contributed by atoms with van der Waals surface area (Å²) in [5.74, 6) is 0.357. The lowest BCUT2D eigenvalue weighted by Gasteiger charge is -2.10. The molecule has 0 unspecified atom stereocenters. The van der Waals surface area contributed by atoms with Gasteiger partial charge in [0.05, 0.1) is 20.3 Å². The number of aliphatic hydroxyl groups is 1. The van der Waals surface area contributed by atoms with Crippen LogP contribution in [-0.4, -0.2) is 12.2 Å². The Balaban J connectivity index is 1.90. The van der Waals surface area contributed by atoms with Gasteiger partial charge in [-0.05, 0) is 28.8 Å². The van der Waals surface area contributed by atoms with Gasteiger partial charge in [0.1, 0.15) is 12.4 Å². The van der Waals surface area contributed by atoms with Crippen LogP contribution in [-0.2, 0) is 29.3 Å². The molecule has 1 N–H and O–H groups in total.